The molecular formula is C21H24N4OS2. The first-order valence-electron chi connectivity index (χ1n) is 9.54. The fraction of sp³-hybridized carbons (Fsp3) is 0.381. The summed E-state index contributed by atoms with van der Waals surface area (Å²) in [6.07, 6.45) is 4.01. The van der Waals surface area contributed by atoms with Gasteiger partial charge >= 0.3 is 0 Å². The zero-order valence-corrected chi connectivity index (χ0v) is 17.8. The van der Waals surface area contributed by atoms with Crippen LogP contribution in [0.15, 0.2) is 40.2 Å². The molecule has 0 saturated carbocycles. The number of H-pyrrole nitrogens is 1. The standard InChI is InChI=1S/C21H24N4OS2/c1-14-6-3-4-8-17(14)18-10-22-24-20(18)16-7-5-9-25(11-16)19(26)13-28-21-23-15(2)12-27-21/h3-4,6,8,10,12,16H,5,7,9,11,13H2,1-2H3,(H,22,24)/t16-/m1/s1. The summed E-state index contributed by atoms with van der Waals surface area (Å²) in [6.45, 7) is 5.69. The van der Waals surface area contributed by atoms with Gasteiger partial charge in [-0.1, -0.05) is 36.0 Å². The molecule has 2 aromatic heterocycles. The predicted molar refractivity (Wildman–Crippen MR) is 115 cm³/mol. The minimum Gasteiger partial charge on any atom is -0.341 e. The molecule has 5 nitrogen and oxygen atoms in total. The van der Waals surface area contributed by atoms with Crippen LogP contribution in [0.3, 0.4) is 0 Å². The first kappa shape index (κ1) is 19.2. The molecule has 7 heteroatoms. The highest BCUT2D eigenvalue weighted by atomic mass is 32.2. The van der Waals surface area contributed by atoms with Crippen molar-refractivity contribution in [2.45, 2.75) is 36.9 Å². The number of amides is 1. The van der Waals surface area contributed by atoms with Crippen molar-refractivity contribution in [3.05, 3.63) is 52.8 Å². The Kier molecular flexibility index (Phi) is 5.82. The lowest BCUT2D eigenvalue weighted by atomic mass is 9.89. The molecule has 0 bridgehead atoms. The zero-order chi connectivity index (χ0) is 19.5. The summed E-state index contributed by atoms with van der Waals surface area (Å²) >= 11 is 3.15. The molecule has 1 aliphatic heterocycles. The van der Waals surface area contributed by atoms with Crippen LogP contribution in [0.25, 0.3) is 11.1 Å². The average Bonchev–Trinajstić information content (AvgIpc) is 3.35. The molecule has 3 heterocycles. The quantitative estimate of drug-likeness (QED) is 0.620. The van der Waals surface area contributed by atoms with Gasteiger partial charge in [0.15, 0.2) is 4.34 Å². The van der Waals surface area contributed by atoms with Gasteiger partial charge < -0.3 is 4.90 Å². The number of aromatic nitrogens is 3. The number of benzene rings is 1. The zero-order valence-electron chi connectivity index (χ0n) is 16.1. The molecule has 28 heavy (non-hydrogen) atoms. The van der Waals surface area contributed by atoms with Crippen LogP contribution < -0.4 is 0 Å². The molecule has 1 N–H and O–H groups in total. The maximum Gasteiger partial charge on any atom is 0.233 e. The fourth-order valence-corrected chi connectivity index (χ4v) is 5.50. The molecule has 1 aromatic carbocycles. The number of aromatic amines is 1. The van der Waals surface area contributed by atoms with Gasteiger partial charge in [0.05, 0.1) is 11.9 Å². The van der Waals surface area contributed by atoms with Gasteiger partial charge in [-0.15, -0.1) is 11.3 Å². The van der Waals surface area contributed by atoms with Crippen molar-refractivity contribution in [2.75, 3.05) is 18.8 Å². The Labute approximate surface area is 173 Å². The van der Waals surface area contributed by atoms with E-state index in [2.05, 4.69) is 46.4 Å². The van der Waals surface area contributed by atoms with Crippen LogP contribution in [0.2, 0.25) is 0 Å². The van der Waals surface area contributed by atoms with Gasteiger partial charge in [-0.3, -0.25) is 9.89 Å². The van der Waals surface area contributed by atoms with E-state index in [1.54, 1.807) is 11.3 Å². The minimum absolute atomic E-state index is 0.194. The number of nitrogens with one attached hydrogen (secondary N) is 1. The maximum absolute atomic E-state index is 12.8. The van der Waals surface area contributed by atoms with Gasteiger partial charge in [0.2, 0.25) is 5.91 Å². The molecule has 1 fully saturated rings. The second-order valence-corrected chi connectivity index (χ2v) is 9.32. The molecule has 1 saturated heterocycles. The number of carbonyl (C=O) groups is 1. The molecule has 1 amide bonds. The van der Waals surface area contributed by atoms with Crippen molar-refractivity contribution in [1.29, 1.82) is 0 Å². The Hall–Kier alpha value is -2.12. The number of hydrogen-bond donors (Lipinski definition) is 1. The SMILES string of the molecule is Cc1csc(SCC(=O)N2CCC[C@@H](c3[nH]ncc3-c3ccccc3C)C2)n1. The molecule has 3 aromatic rings. The van der Waals surface area contributed by atoms with Gasteiger partial charge in [-0.05, 0) is 37.8 Å². The van der Waals surface area contributed by atoms with Crippen molar-refractivity contribution >= 4 is 29.0 Å². The van der Waals surface area contributed by atoms with E-state index in [-0.39, 0.29) is 5.91 Å². The Morgan fingerprint density at radius 2 is 2.18 bits per heavy atom. The van der Waals surface area contributed by atoms with E-state index in [0.717, 1.165) is 47.2 Å². The molecule has 0 radical (unpaired) electrons. The second-order valence-electron chi connectivity index (χ2n) is 7.23. The van der Waals surface area contributed by atoms with E-state index >= 15 is 0 Å². The smallest absolute Gasteiger partial charge is 0.233 e. The summed E-state index contributed by atoms with van der Waals surface area (Å²) < 4.78 is 0.967. The average molecular weight is 413 g/mol. The number of piperidine rings is 1. The Morgan fingerprint density at radius 1 is 1.32 bits per heavy atom. The first-order valence-corrected chi connectivity index (χ1v) is 11.4. The predicted octanol–water partition coefficient (Wildman–Crippen LogP) is 4.65. The van der Waals surface area contributed by atoms with Gasteiger partial charge in [-0.2, -0.15) is 5.10 Å². The van der Waals surface area contributed by atoms with Gasteiger partial charge in [0.1, 0.15) is 0 Å². The van der Waals surface area contributed by atoms with Crippen LogP contribution in [0.5, 0.6) is 0 Å². The van der Waals surface area contributed by atoms with Crippen LogP contribution >= 0.6 is 23.1 Å². The van der Waals surface area contributed by atoms with E-state index < -0.39 is 0 Å². The van der Waals surface area contributed by atoms with Crippen LogP contribution in [-0.2, 0) is 4.79 Å². The minimum atomic E-state index is 0.194. The number of thioether (sulfide) groups is 1. The lowest BCUT2D eigenvalue weighted by molar-refractivity contribution is -0.129. The van der Waals surface area contributed by atoms with Crippen molar-refractivity contribution in [3.8, 4) is 11.1 Å². The van der Waals surface area contributed by atoms with E-state index in [9.17, 15) is 4.79 Å². The number of hydrogen-bond acceptors (Lipinski definition) is 5. The molecule has 4 rings (SSSR count). The number of rotatable bonds is 5. The van der Waals surface area contributed by atoms with Crippen LogP contribution in [-0.4, -0.2) is 44.8 Å². The van der Waals surface area contributed by atoms with Crippen molar-refractivity contribution in [3.63, 3.8) is 0 Å². The van der Waals surface area contributed by atoms with Crippen LogP contribution in [0.4, 0.5) is 0 Å². The highest BCUT2D eigenvalue weighted by Gasteiger charge is 2.28. The number of nitrogens with zero attached hydrogens (tertiary/aromatic N) is 3. The van der Waals surface area contributed by atoms with Crippen LogP contribution in [0, 0.1) is 13.8 Å². The van der Waals surface area contributed by atoms with Crippen LogP contribution in [0.1, 0.15) is 35.7 Å². The number of carbonyl (C=O) groups excluding carboxylic acids is 1. The van der Waals surface area contributed by atoms with Crippen molar-refractivity contribution in [1.82, 2.24) is 20.1 Å². The van der Waals surface area contributed by atoms with Gasteiger partial charge in [0, 0.05) is 41.3 Å². The molecule has 0 spiro atoms. The largest absolute Gasteiger partial charge is 0.341 e. The van der Waals surface area contributed by atoms with Gasteiger partial charge in [0.25, 0.3) is 0 Å². The lowest BCUT2D eigenvalue weighted by Crippen LogP contribution is -2.40. The third kappa shape index (κ3) is 4.15. The van der Waals surface area contributed by atoms with Gasteiger partial charge in [-0.25, -0.2) is 4.98 Å². The summed E-state index contributed by atoms with van der Waals surface area (Å²) in [5.74, 6) is 0.939. The van der Waals surface area contributed by atoms with E-state index in [4.69, 9.17) is 0 Å². The fourth-order valence-electron chi connectivity index (χ4n) is 3.75. The maximum atomic E-state index is 12.8. The lowest BCUT2D eigenvalue weighted by Gasteiger charge is -2.32. The topological polar surface area (TPSA) is 61.9 Å². The number of aryl methyl sites for hydroxylation is 2. The first-order chi connectivity index (χ1) is 13.6. The highest BCUT2D eigenvalue weighted by Crippen LogP contribution is 2.34. The molecule has 0 aliphatic carbocycles. The third-order valence-electron chi connectivity index (χ3n) is 5.20. The summed E-state index contributed by atoms with van der Waals surface area (Å²) in [4.78, 5) is 19.2. The van der Waals surface area contributed by atoms with E-state index in [1.165, 1.54) is 22.9 Å². The van der Waals surface area contributed by atoms with E-state index in [1.807, 2.05) is 23.4 Å². The third-order valence-corrected chi connectivity index (χ3v) is 7.33. The summed E-state index contributed by atoms with van der Waals surface area (Å²) in [7, 11) is 0. The summed E-state index contributed by atoms with van der Waals surface area (Å²) in [6, 6.07) is 8.39. The van der Waals surface area contributed by atoms with Crippen molar-refractivity contribution in [2.24, 2.45) is 0 Å². The summed E-state index contributed by atoms with van der Waals surface area (Å²) in [5.41, 5.74) is 5.77. The molecule has 146 valence electrons. The molecule has 1 aliphatic rings. The monoisotopic (exact) mass is 412 g/mol. The second kappa shape index (κ2) is 8.49. The van der Waals surface area contributed by atoms with E-state index in [0.29, 0.717) is 11.7 Å². The normalized spacial score (nSPS) is 17.1. The summed E-state index contributed by atoms with van der Waals surface area (Å²) in [5, 5.41) is 9.57. The number of thiazole rings is 1. The molecule has 0 unspecified atom stereocenters. The molecule has 1 atom stereocenters. The highest BCUT2D eigenvalue weighted by molar-refractivity contribution is 8.01. The Balaban J connectivity index is 1.45. The Morgan fingerprint density at radius 3 is 2.96 bits per heavy atom. The van der Waals surface area contributed by atoms with Crippen molar-refractivity contribution < 1.29 is 4.79 Å². The number of likely N-dealkylation sites (tertiary alicyclic amines) is 1. The Bertz CT molecular complexity index is 965. The molecular weight excluding hydrogens is 388 g/mol.